The molecule has 0 aliphatic carbocycles. The Bertz CT molecular complexity index is 1550. The van der Waals surface area contributed by atoms with Crippen molar-refractivity contribution in [3.05, 3.63) is 48.2 Å². The molecule has 0 amide bonds. The summed E-state index contributed by atoms with van der Waals surface area (Å²) in [6, 6.07) is 10.3. The minimum absolute atomic E-state index is 0.0448. The Hall–Kier alpha value is -3.47. The van der Waals surface area contributed by atoms with Gasteiger partial charge < -0.3 is 25.0 Å². The highest BCUT2D eigenvalue weighted by Gasteiger charge is 2.31. The first-order valence-corrected chi connectivity index (χ1v) is 14.8. The number of β-amino-alcohol motifs (C(OH)–C–C–N with tert-alkyl or cyclic N) is 1. The summed E-state index contributed by atoms with van der Waals surface area (Å²) < 4.78 is 85.5. The Morgan fingerprint density at radius 3 is 2.61 bits per heavy atom. The SMILES string of the molecule is COc1cc(S(C)(=O)=O)ccc1NCC#Cc1cc2c(N[C@@H]3CCN(CCO)C[C@@H]3F)cccc2n1CC(F)(F)F. The van der Waals surface area contributed by atoms with Crippen molar-refractivity contribution in [1.29, 1.82) is 0 Å². The summed E-state index contributed by atoms with van der Waals surface area (Å²) in [7, 11) is -2.04. The number of nitrogens with one attached hydrogen (secondary N) is 2. The number of aliphatic hydroxyl groups excluding tert-OH is 1. The molecule has 222 valence electrons. The fourth-order valence-electron chi connectivity index (χ4n) is 4.86. The maximum absolute atomic E-state index is 14.9. The van der Waals surface area contributed by atoms with Crippen LogP contribution in [0.3, 0.4) is 0 Å². The van der Waals surface area contributed by atoms with Gasteiger partial charge in [0.2, 0.25) is 0 Å². The minimum atomic E-state index is -4.50. The summed E-state index contributed by atoms with van der Waals surface area (Å²) in [5, 5.41) is 15.8. The lowest BCUT2D eigenvalue weighted by molar-refractivity contribution is -0.140. The predicted octanol–water partition coefficient (Wildman–Crippen LogP) is 3.90. The van der Waals surface area contributed by atoms with E-state index in [2.05, 4.69) is 22.5 Å². The van der Waals surface area contributed by atoms with Gasteiger partial charge in [-0.2, -0.15) is 13.2 Å². The van der Waals surface area contributed by atoms with Crippen molar-refractivity contribution in [3.63, 3.8) is 0 Å². The molecular weight excluding hydrogens is 564 g/mol. The number of sulfone groups is 1. The van der Waals surface area contributed by atoms with Crippen LogP contribution in [0.4, 0.5) is 28.9 Å². The molecule has 4 rings (SSSR count). The van der Waals surface area contributed by atoms with Gasteiger partial charge in [-0.05, 0) is 42.7 Å². The first-order chi connectivity index (χ1) is 19.4. The highest BCUT2D eigenvalue weighted by molar-refractivity contribution is 7.90. The highest BCUT2D eigenvalue weighted by Crippen LogP contribution is 2.32. The van der Waals surface area contributed by atoms with Crippen molar-refractivity contribution in [1.82, 2.24) is 9.47 Å². The molecule has 2 heterocycles. The fourth-order valence-corrected chi connectivity index (χ4v) is 5.50. The first kappa shape index (κ1) is 30.5. The standard InChI is InChI=1S/C28H32F4N4O4S/c1-40-27-16-20(41(2,38)39)8-9-25(27)33-11-4-5-19-15-21-23(6-3-7-26(21)36(19)18-28(30,31)32)34-24-10-12-35(13-14-37)17-22(24)29/h3,6-9,15-16,22,24,33-34,37H,10-14,17-18H2,1-2H3/t22-,24+/m0/s1. The number of methoxy groups -OCH3 is 1. The minimum Gasteiger partial charge on any atom is -0.495 e. The van der Waals surface area contributed by atoms with Gasteiger partial charge in [-0.3, -0.25) is 4.90 Å². The van der Waals surface area contributed by atoms with Crippen LogP contribution in [0.2, 0.25) is 0 Å². The van der Waals surface area contributed by atoms with Crippen molar-refractivity contribution < 1.29 is 35.8 Å². The molecule has 0 saturated carbocycles. The zero-order chi connectivity index (χ0) is 29.8. The molecule has 41 heavy (non-hydrogen) atoms. The Kier molecular flexibility index (Phi) is 9.36. The van der Waals surface area contributed by atoms with Crippen LogP contribution < -0.4 is 15.4 Å². The van der Waals surface area contributed by atoms with Crippen LogP contribution in [-0.2, 0) is 16.4 Å². The van der Waals surface area contributed by atoms with Crippen molar-refractivity contribution >= 4 is 32.1 Å². The van der Waals surface area contributed by atoms with Crippen molar-refractivity contribution in [3.8, 4) is 17.6 Å². The zero-order valence-corrected chi connectivity index (χ0v) is 23.4. The van der Waals surface area contributed by atoms with Crippen LogP contribution >= 0.6 is 0 Å². The molecular formula is C28H32F4N4O4S. The summed E-state index contributed by atoms with van der Waals surface area (Å²) in [6.07, 6.45) is -4.15. The van der Waals surface area contributed by atoms with E-state index < -0.39 is 34.8 Å². The molecule has 1 aliphatic rings. The molecule has 1 aliphatic heterocycles. The number of hydrogen-bond donors (Lipinski definition) is 3. The van der Waals surface area contributed by atoms with Crippen LogP contribution in [0.5, 0.6) is 5.75 Å². The van der Waals surface area contributed by atoms with E-state index in [1.54, 1.807) is 24.3 Å². The molecule has 8 nitrogen and oxygen atoms in total. The van der Waals surface area contributed by atoms with Gasteiger partial charge in [0.25, 0.3) is 0 Å². The summed E-state index contributed by atoms with van der Waals surface area (Å²) >= 11 is 0. The number of aliphatic hydroxyl groups is 1. The van der Waals surface area contributed by atoms with Crippen molar-refractivity contribution in [2.75, 3.05) is 56.8 Å². The number of rotatable bonds is 9. The largest absolute Gasteiger partial charge is 0.495 e. The number of fused-ring (bicyclic) bond motifs is 1. The second-order valence-electron chi connectivity index (χ2n) is 9.84. The number of ether oxygens (including phenoxy) is 1. The Balaban J connectivity index is 1.58. The molecule has 3 aromatic rings. The summed E-state index contributed by atoms with van der Waals surface area (Å²) in [4.78, 5) is 1.92. The van der Waals surface area contributed by atoms with Gasteiger partial charge in [-0.25, -0.2) is 12.8 Å². The van der Waals surface area contributed by atoms with Gasteiger partial charge in [0.15, 0.2) is 9.84 Å². The zero-order valence-electron chi connectivity index (χ0n) is 22.6. The van der Waals surface area contributed by atoms with Gasteiger partial charge in [0.1, 0.15) is 18.5 Å². The highest BCUT2D eigenvalue weighted by atomic mass is 32.2. The van der Waals surface area contributed by atoms with Crippen LogP contribution in [0.25, 0.3) is 10.9 Å². The predicted molar refractivity (Wildman–Crippen MR) is 150 cm³/mol. The maximum atomic E-state index is 14.9. The average Bonchev–Trinajstić information content (AvgIpc) is 3.24. The van der Waals surface area contributed by atoms with Crippen molar-refractivity contribution in [2.45, 2.75) is 36.3 Å². The van der Waals surface area contributed by atoms with E-state index >= 15 is 0 Å². The normalized spacial score (nSPS) is 18.1. The fraction of sp³-hybridized carbons (Fsp3) is 0.429. The van der Waals surface area contributed by atoms with E-state index in [1.807, 2.05) is 4.90 Å². The number of anilines is 2. The second kappa shape index (κ2) is 12.6. The Labute approximate surface area is 236 Å². The van der Waals surface area contributed by atoms with Gasteiger partial charge in [0.05, 0.1) is 48.1 Å². The van der Waals surface area contributed by atoms with Crippen LogP contribution in [0, 0.1) is 11.8 Å². The number of alkyl halides is 4. The molecule has 0 spiro atoms. The lowest BCUT2D eigenvalue weighted by atomic mass is 10.0. The van der Waals surface area contributed by atoms with Gasteiger partial charge >= 0.3 is 6.18 Å². The quantitative estimate of drug-likeness (QED) is 0.255. The van der Waals surface area contributed by atoms with Crippen LogP contribution in [-0.4, -0.2) is 87.5 Å². The van der Waals surface area contributed by atoms with E-state index in [4.69, 9.17) is 9.84 Å². The number of aromatic nitrogens is 1. The summed E-state index contributed by atoms with van der Waals surface area (Å²) in [5.41, 5.74) is 1.45. The molecule has 2 aromatic carbocycles. The molecule has 1 aromatic heterocycles. The monoisotopic (exact) mass is 596 g/mol. The maximum Gasteiger partial charge on any atom is 0.406 e. The third kappa shape index (κ3) is 7.63. The molecule has 0 radical (unpaired) electrons. The second-order valence-corrected chi connectivity index (χ2v) is 11.9. The van der Waals surface area contributed by atoms with Gasteiger partial charge in [-0.15, -0.1) is 0 Å². The van der Waals surface area contributed by atoms with E-state index in [0.29, 0.717) is 41.8 Å². The molecule has 0 unspecified atom stereocenters. The third-order valence-corrected chi connectivity index (χ3v) is 7.96. The lowest BCUT2D eigenvalue weighted by Gasteiger charge is -2.35. The average molecular weight is 597 g/mol. The van der Waals surface area contributed by atoms with Gasteiger partial charge in [-0.1, -0.05) is 12.0 Å². The molecule has 1 fully saturated rings. The van der Waals surface area contributed by atoms with Crippen molar-refractivity contribution in [2.24, 2.45) is 0 Å². The topological polar surface area (TPSA) is 95.8 Å². The Morgan fingerprint density at radius 1 is 1.17 bits per heavy atom. The molecule has 3 N–H and O–H groups in total. The Morgan fingerprint density at radius 2 is 1.95 bits per heavy atom. The molecule has 1 saturated heterocycles. The van der Waals surface area contributed by atoms with E-state index in [-0.39, 0.29) is 36.0 Å². The van der Waals surface area contributed by atoms with Crippen LogP contribution in [0.15, 0.2) is 47.4 Å². The van der Waals surface area contributed by atoms with E-state index in [9.17, 15) is 26.0 Å². The smallest absolute Gasteiger partial charge is 0.406 e. The molecule has 0 bridgehead atoms. The summed E-state index contributed by atoms with van der Waals surface area (Å²) in [5.74, 6) is 5.92. The number of piperidine rings is 1. The third-order valence-electron chi connectivity index (χ3n) is 6.85. The molecule has 13 heteroatoms. The number of likely N-dealkylation sites (tertiary alicyclic amines) is 1. The van der Waals surface area contributed by atoms with E-state index in [0.717, 1.165) is 10.8 Å². The number of nitrogens with zero attached hydrogens (tertiary/aromatic N) is 2. The summed E-state index contributed by atoms with van der Waals surface area (Å²) in [6.45, 7) is -0.117. The number of halogens is 4. The van der Waals surface area contributed by atoms with Crippen LogP contribution in [0.1, 0.15) is 12.1 Å². The van der Waals surface area contributed by atoms with Gasteiger partial charge in [0, 0.05) is 43.0 Å². The number of benzene rings is 2. The number of hydrogen-bond acceptors (Lipinski definition) is 7. The lowest BCUT2D eigenvalue weighted by Crippen LogP contribution is -2.48. The first-order valence-electron chi connectivity index (χ1n) is 12.9. The van der Waals surface area contributed by atoms with E-state index in [1.165, 1.54) is 25.3 Å². The molecule has 2 atom stereocenters.